The van der Waals surface area contributed by atoms with Gasteiger partial charge in [-0.1, -0.05) is 13.0 Å². The van der Waals surface area contributed by atoms with E-state index in [1.807, 2.05) is 62.6 Å². The number of aryl methyl sites for hydroxylation is 2. The van der Waals surface area contributed by atoms with Crippen molar-refractivity contribution in [3.05, 3.63) is 101 Å². The Balaban J connectivity index is 1.63. The third-order valence-electron chi connectivity index (χ3n) is 6.87. The van der Waals surface area contributed by atoms with E-state index in [0.717, 1.165) is 45.3 Å². The van der Waals surface area contributed by atoms with Crippen LogP contribution in [0.2, 0.25) is 0 Å². The summed E-state index contributed by atoms with van der Waals surface area (Å²) >= 11 is 5.92. The first-order chi connectivity index (χ1) is 17.9. The highest BCUT2D eigenvalue weighted by atomic mass is 32.1. The minimum absolute atomic E-state index is 0.00913. The van der Waals surface area contributed by atoms with Gasteiger partial charge in [-0.15, -0.1) is 0 Å². The first-order valence-electron chi connectivity index (χ1n) is 12.4. The number of benzene rings is 1. The maximum atomic E-state index is 12.0. The van der Waals surface area contributed by atoms with E-state index in [9.17, 15) is 4.79 Å². The van der Waals surface area contributed by atoms with E-state index in [1.54, 1.807) is 6.20 Å². The molecule has 4 aromatic rings. The van der Waals surface area contributed by atoms with Gasteiger partial charge in [0.2, 0.25) is 5.91 Å². The van der Waals surface area contributed by atoms with Gasteiger partial charge in [0.1, 0.15) is 0 Å². The Bertz CT molecular complexity index is 1450. The number of anilines is 2. The molecule has 0 aliphatic carbocycles. The van der Waals surface area contributed by atoms with Crippen LogP contribution in [-0.2, 0) is 4.79 Å². The van der Waals surface area contributed by atoms with Gasteiger partial charge < -0.3 is 20.1 Å². The van der Waals surface area contributed by atoms with Crippen LogP contribution in [0.5, 0.6) is 0 Å². The van der Waals surface area contributed by atoms with E-state index in [1.165, 1.54) is 0 Å². The fourth-order valence-electron chi connectivity index (χ4n) is 5.10. The van der Waals surface area contributed by atoms with Crippen molar-refractivity contribution >= 4 is 34.6 Å². The monoisotopic (exact) mass is 510 g/mol. The Kier molecular flexibility index (Phi) is 6.76. The van der Waals surface area contributed by atoms with Crippen LogP contribution in [-0.4, -0.2) is 25.6 Å². The second kappa shape index (κ2) is 10.1. The van der Waals surface area contributed by atoms with Gasteiger partial charge in [0.05, 0.1) is 29.7 Å². The summed E-state index contributed by atoms with van der Waals surface area (Å²) < 4.78 is 2.23. The summed E-state index contributed by atoms with van der Waals surface area (Å²) in [6.07, 6.45) is 5.91. The number of carbonyl (C=O) groups is 1. The van der Waals surface area contributed by atoms with Crippen molar-refractivity contribution in [3.8, 4) is 5.69 Å². The molecule has 0 bridgehead atoms. The maximum Gasteiger partial charge on any atom is 0.224 e. The highest BCUT2D eigenvalue weighted by Gasteiger charge is 2.42. The van der Waals surface area contributed by atoms with Gasteiger partial charge in [-0.05, 0) is 92.6 Å². The van der Waals surface area contributed by atoms with Crippen molar-refractivity contribution in [2.45, 2.75) is 46.2 Å². The summed E-state index contributed by atoms with van der Waals surface area (Å²) in [5, 5.41) is 7.16. The Morgan fingerprint density at radius 2 is 1.89 bits per heavy atom. The Hall–Kier alpha value is -4.04. The highest BCUT2D eigenvalue weighted by Crippen LogP contribution is 2.44. The quantitative estimate of drug-likeness (QED) is 0.323. The number of nitrogens with zero attached hydrogens (tertiary/aromatic N) is 4. The summed E-state index contributed by atoms with van der Waals surface area (Å²) in [6, 6.07) is 18.0. The van der Waals surface area contributed by atoms with Crippen molar-refractivity contribution in [1.82, 2.24) is 19.9 Å². The molecule has 188 valence electrons. The maximum absolute atomic E-state index is 12.0. The number of pyridine rings is 2. The number of aromatic nitrogens is 3. The average Bonchev–Trinajstić information content (AvgIpc) is 3.41. The SMILES string of the molecule is CCC(=O)Nc1ccc(N2C(=S)N[C@@H](c3ccccn3)[C@H]2c2cc(C)n(-c3cccnc3)c2C)cc1C. The molecule has 1 aromatic carbocycles. The first kappa shape index (κ1) is 24.6. The zero-order valence-corrected chi connectivity index (χ0v) is 22.2. The largest absolute Gasteiger partial charge is 0.351 e. The lowest BCUT2D eigenvalue weighted by Crippen LogP contribution is -2.29. The van der Waals surface area contributed by atoms with Crippen LogP contribution in [0.25, 0.3) is 5.69 Å². The topological polar surface area (TPSA) is 75.1 Å². The summed E-state index contributed by atoms with van der Waals surface area (Å²) in [5.74, 6) is -0.00913. The van der Waals surface area contributed by atoms with Gasteiger partial charge in [-0.2, -0.15) is 0 Å². The van der Waals surface area contributed by atoms with Gasteiger partial charge in [0.25, 0.3) is 0 Å². The molecular weight excluding hydrogens is 480 g/mol. The van der Waals surface area contributed by atoms with Crippen molar-refractivity contribution in [2.75, 3.05) is 10.2 Å². The minimum atomic E-state index is -0.142. The molecule has 1 amide bonds. The molecule has 4 heterocycles. The number of thiocarbonyl (C=S) groups is 1. The molecule has 5 rings (SSSR count). The number of carbonyl (C=O) groups excluding carboxylic acids is 1. The number of hydrogen-bond acceptors (Lipinski definition) is 4. The van der Waals surface area contributed by atoms with Gasteiger partial charge in [-0.25, -0.2) is 0 Å². The lowest BCUT2D eigenvalue weighted by molar-refractivity contribution is -0.115. The molecular formula is C29H30N6OS. The fourth-order valence-corrected chi connectivity index (χ4v) is 5.44. The van der Waals surface area contributed by atoms with Crippen molar-refractivity contribution < 1.29 is 4.79 Å². The molecule has 3 aromatic heterocycles. The average molecular weight is 511 g/mol. The number of hydrogen-bond donors (Lipinski definition) is 2. The normalized spacial score (nSPS) is 17.1. The molecule has 0 saturated carbocycles. The second-order valence-corrected chi connectivity index (χ2v) is 9.66. The van der Waals surface area contributed by atoms with Crippen molar-refractivity contribution in [1.29, 1.82) is 0 Å². The van der Waals surface area contributed by atoms with E-state index in [0.29, 0.717) is 11.5 Å². The van der Waals surface area contributed by atoms with Gasteiger partial charge >= 0.3 is 0 Å². The van der Waals surface area contributed by atoms with Crippen LogP contribution >= 0.6 is 12.2 Å². The van der Waals surface area contributed by atoms with Crippen LogP contribution in [0.4, 0.5) is 11.4 Å². The fraction of sp³-hybridized carbons (Fsp3) is 0.241. The summed E-state index contributed by atoms with van der Waals surface area (Å²) in [4.78, 5) is 23.2. The minimum Gasteiger partial charge on any atom is -0.351 e. The zero-order chi connectivity index (χ0) is 26.1. The van der Waals surface area contributed by atoms with Crippen LogP contribution in [0, 0.1) is 20.8 Å². The molecule has 0 unspecified atom stereocenters. The summed E-state index contributed by atoms with van der Waals surface area (Å²) in [5.41, 5.74) is 8.08. The Labute approximate surface area is 222 Å². The van der Waals surface area contributed by atoms with Crippen molar-refractivity contribution in [3.63, 3.8) is 0 Å². The Morgan fingerprint density at radius 1 is 1.05 bits per heavy atom. The highest BCUT2D eigenvalue weighted by molar-refractivity contribution is 7.80. The molecule has 7 nitrogen and oxygen atoms in total. The van der Waals surface area contributed by atoms with Crippen molar-refractivity contribution in [2.24, 2.45) is 0 Å². The number of nitrogens with one attached hydrogen (secondary N) is 2. The van der Waals surface area contributed by atoms with Gasteiger partial charge in [0.15, 0.2) is 5.11 Å². The van der Waals surface area contributed by atoms with Crippen LogP contribution in [0.1, 0.15) is 53.6 Å². The summed E-state index contributed by atoms with van der Waals surface area (Å²) in [7, 11) is 0. The third kappa shape index (κ3) is 4.60. The molecule has 0 spiro atoms. The Morgan fingerprint density at radius 3 is 2.57 bits per heavy atom. The number of amides is 1. The van der Waals surface area contributed by atoms with Gasteiger partial charge in [0, 0.05) is 41.6 Å². The predicted octanol–water partition coefficient (Wildman–Crippen LogP) is 5.72. The van der Waals surface area contributed by atoms with Crippen LogP contribution in [0.3, 0.4) is 0 Å². The molecule has 37 heavy (non-hydrogen) atoms. The van der Waals surface area contributed by atoms with E-state index < -0.39 is 0 Å². The predicted molar refractivity (Wildman–Crippen MR) is 151 cm³/mol. The lowest BCUT2D eigenvalue weighted by atomic mass is 9.96. The molecule has 1 saturated heterocycles. The standard InChI is InChI=1S/C29H30N6OS/c1-5-26(36)32-24-12-11-21(15-18(24)2)35-28(27(33-29(35)37)25-10-6-7-14-31-25)23-16-19(3)34(20(23)4)22-9-8-13-30-17-22/h6-17,27-28H,5H2,1-4H3,(H,32,36)(H,33,37)/t27-,28+/m0/s1. The van der Waals surface area contributed by atoms with E-state index in [2.05, 4.69) is 62.1 Å². The lowest BCUT2D eigenvalue weighted by Gasteiger charge is -2.29. The molecule has 8 heteroatoms. The van der Waals surface area contributed by atoms with Crippen LogP contribution in [0.15, 0.2) is 73.2 Å². The number of rotatable bonds is 6. The van der Waals surface area contributed by atoms with Crippen LogP contribution < -0.4 is 15.5 Å². The third-order valence-corrected chi connectivity index (χ3v) is 7.19. The summed E-state index contributed by atoms with van der Waals surface area (Å²) in [6.45, 7) is 8.09. The molecule has 2 N–H and O–H groups in total. The molecule has 2 atom stereocenters. The van der Waals surface area contributed by atoms with E-state index in [4.69, 9.17) is 12.2 Å². The molecule has 0 radical (unpaired) electrons. The van der Waals surface area contributed by atoms with Gasteiger partial charge in [-0.3, -0.25) is 14.8 Å². The zero-order valence-electron chi connectivity index (χ0n) is 21.4. The molecule has 1 aliphatic heterocycles. The van der Waals surface area contributed by atoms with E-state index >= 15 is 0 Å². The molecule has 1 aliphatic rings. The van der Waals surface area contributed by atoms with E-state index in [-0.39, 0.29) is 18.0 Å². The smallest absolute Gasteiger partial charge is 0.224 e. The molecule has 1 fully saturated rings. The second-order valence-electron chi connectivity index (χ2n) is 9.27. The first-order valence-corrected chi connectivity index (χ1v) is 12.8.